The minimum absolute atomic E-state index is 0.0449. The van der Waals surface area contributed by atoms with Crippen LogP contribution in [0.25, 0.3) is 0 Å². The lowest BCUT2D eigenvalue weighted by Gasteiger charge is -2.20. The first-order valence-electron chi connectivity index (χ1n) is 9.32. The predicted molar refractivity (Wildman–Crippen MR) is 111 cm³/mol. The van der Waals surface area contributed by atoms with Crippen LogP contribution < -0.4 is 9.08 Å². The van der Waals surface area contributed by atoms with Gasteiger partial charge in [0, 0.05) is 5.02 Å². The van der Waals surface area contributed by atoms with Crippen LogP contribution in [0.15, 0.2) is 59.5 Å². The van der Waals surface area contributed by atoms with Gasteiger partial charge in [-0.15, -0.1) is 0 Å². The number of carbonyl (C=O) groups is 2. The molecule has 0 aromatic heterocycles. The van der Waals surface area contributed by atoms with Gasteiger partial charge in [0.05, 0.1) is 22.5 Å². The molecule has 2 aromatic rings. The van der Waals surface area contributed by atoms with Crippen molar-refractivity contribution >= 4 is 50.8 Å². The molecule has 2 amide bonds. The fourth-order valence-corrected chi connectivity index (χ4v) is 6.37. The van der Waals surface area contributed by atoms with Gasteiger partial charge in [-0.05, 0) is 48.6 Å². The Bertz CT molecular complexity index is 1200. The van der Waals surface area contributed by atoms with Crippen LogP contribution in [-0.4, -0.2) is 20.2 Å². The van der Waals surface area contributed by atoms with Crippen molar-refractivity contribution in [2.45, 2.75) is 11.3 Å². The first-order chi connectivity index (χ1) is 14.3. The molecule has 30 heavy (non-hydrogen) atoms. The summed E-state index contributed by atoms with van der Waals surface area (Å²) in [6.45, 7) is 0. The number of allylic oxidation sites excluding steroid dienone is 2. The number of benzene rings is 2. The molecule has 2 bridgehead atoms. The van der Waals surface area contributed by atoms with Crippen LogP contribution >= 0.6 is 23.2 Å². The van der Waals surface area contributed by atoms with Crippen LogP contribution in [0.4, 0.5) is 5.69 Å². The zero-order chi connectivity index (χ0) is 21.2. The summed E-state index contributed by atoms with van der Waals surface area (Å²) in [6, 6.07) is 10.1. The van der Waals surface area contributed by atoms with Crippen LogP contribution in [-0.2, 0) is 19.7 Å². The first-order valence-corrected chi connectivity index (χ1v) is 11.5. The van der Waals surface area contributed by atoms with Crippen molar-refractivity contribution in [1.82, 2.24) is 0 Å². The average Bonchev–Trinajstić information content (AvgIpc) is 3.38. The molecule has 4 atom stereocenters. The Labute approximate surface area is 183 Å². The zero-order valence-corrected chi connectivity index (χ0v) is 17.7. The zero-order valence-electron chi connectivity index (χ0n) is 15.4. The molecule has 1 heterocycles. The molecule has 1 saturated heterocycles. The number of anilines is 1. The standard InChI is InChI=1S/C21H15Cl2NO5S/c22-13-7-8-14(23)17(10-13)30(27,28)29-16-4-2-1-3-15(16)24-20(25)18-11-5-6-12(9-11)19(18)21(24)26/h1-8,10-12,18-19H,9H2/t11-,12-,18+,19+/m0/s1. The third kappa shape index (κ3) is 2.87. The van der Waals surface area contributed by atoms with Crippen molar-refractivity contribution in [2.75, 3.05) is 4.90 Å². The Morgan fingerprint density at radius 2 is 1.57 bits per heavy atom. The van der Waals surface area contributed by atoms with E-state index in [1.807, 2.05) is 12.2 Å². The molecule has 6 nitrogen and oxygen atoms in total. The summed E-state index contributed by atoms with van der Waals surface area (Å²) in [4.78, 5) is 27.0. The number of amides is 2. The second-order valence-corrected chi connectivity index (χ2v) is 9.95. The molecule has 0 radical (unpaired) electrons. The first kappa shape index (κ1) is 19.6. The van der Waals surface area contributed by atoms with Crippen molar-refractivity contribution in [2.24, 2.45) is 23.7 Å². The summed E-state index contributed by atoms with van der Waals surface area (Å²) >= 11 is 11.9. The number of hydrogen-bond acceptors (Lipinski definition) is 5. The van der Waals surface area contributed by atoms with E-state index in [9.17, 15) is 18.0 Å². The maximum Gasteiger partial charge on any atom is 0.340 e. The van der Waals surface area contributed by atoms with Crippen molar-refractivity contribution in [3.8, 4) is 5.75 Å². The number of fused-ring (bicyclic) bond motifs is 5. The number of rotatable bonds is 4. The SMILES string of the molecule is O=C1[C@H]2[C@H](C(=O)N1c1ccccc1OS(=O)(=O)c1cc(Cl)ccc1Cl)[C@H]1C=C[C@H]2C1. The largest absolute Gasteiger partial charge is 0.377 e. The molecule has 0 N–H and O–H groups in total. The summed E-state index contributed by atoms with van der Waals surface area (Å²) in [6.07, 6.45) is 4.80. The smallest absolute Gasteiger partial charge is 0.340 e. The molecule has 2 aromatic carbocycles. The van der Waals surface area contributed by atoms with Gasteiger partial charge >= 0.3 is 10.1 Å². The van der Waals surface area contributed by atoms with Gasteiger partial charge in [-0.25, -0.2) is 4.90 Å². The van der Waals surface area contributed by atoms with E-state index < -0.39 is 22.0 Å². The van der Waals surface area contributed by atoms with Gasteiger partial charge in [0.1, 0.15) is 4.90 Å². The van der Waals surface area contributed by atoms with Gasteiger partial charge in [-0.3, -0.25) is 9.59 Å². The third-order valence-electron chi connectivity index (χ3n) is 5.94. The maximum atomic E-state index is 13.1. The summed E-state index contributed by atoms with van der Waals surface area (Å²) in [5, 5.41) is 0.123. The van der Waals surface area contributed by atoms with E-state index in [0.717, 1.165) is 11.3 Å². The molecule has 0 unspecified atom stereocenters. The van der Waals surface area contributed by atoms with Crippen molar-refractivity contribution < 1.29 is 22.2 Å². The number of para-hydroxylation sites is 2. The van der Waals surface area contributed by atoms with E-state index in [1.54, 1.807) is 12.1 Å². The molecule has 2 aliphatic carbocycles. The number of halogens is 2. The Hall–Kier alpha value is -2.35. The van der Waals surface area contributed by atoms with Gasteiger partial charge in [0.2, 0.25) is 11.8 Å². The van der Waals surface area contributed by atoms with Crippen LogP contribution in [0, 0.1) is 23.7 Å². The molecular weight excluding hydrogens is 449 g/mol. The number of carbonyl (C=O) groups excluding carboxylic acids is 2. The van der Waals surface area contributed by atoms with Crippen molar-refractivity contribution in [3.05, 3.63) is 64.7 Å². The summed E-state index contributed by atoms with van der Waals surface area (Å²) in [5.41, 5.74) is 0.100. The van der Waals surface area contributed by atoms with Gasteiger partial charge in [-0.2, -0.15) is 8.42 Å². The van der Waals surface area contributed by atoms with Crippen LogP contribution in [0.3, 0.4) is 0 Å². The Morgan fingerprint density at radius 1 is 0.933 bits per heavy atom. The maximum absolute atomic E-state index is 13.1. The minimum atomic E-state index is -4.36. The highest BCUT2D eigenvalue weighted by molar-refractivity contribution is 7.87. The van der Waals surface area contributed by atoms with E-state index in [0.29, 0.717) is 0 Å². The highest BCUT2D eigenvalue weighted by Gasteiger charge is 2.60. The lowest BCUT2D eigenvalue weighted by molar-refractivity contribution is -0.123. The second kappa shape index (κ2) is 6.83. The lowest BCUT2D eigenvalue weighted by atomic mass is 9.85. The van der Waals surface area contributed by atoms with Gasteiger partial charge in [-0.1, -0.05) is 47.5 Å². The number of imide groups is 1. The topological polar surface area (TPSA) is 80.8 Å². The van der Waals surface area contributed by atoms with E-state index in [2.05, 4.69) is 0 Å². The molecule has 3 aliphatic rings. The summed E-state index contributed by atoms with van der Waals surface area (Å²) < 4.78 is 31.0. The average molecular weight is 464 g/mol. The molecule has 0 spiro atoms. The Kier molecular flexibility index (Phi) is 4.47. The minimum Gasteiger partial charge on any atom is -0.377 e. The van der Waals surface area contributed by atoms with Crippen LogP contribution in [0.5, 0.6) is 5.75 Å². The third-order valence-corrected chi connectivity index (χ3v) is 7.89. The monoisotopic (exact) mass is 463 g/mol. The van der Waals surface area contributed by atoms with Crippen molar-refractivity contribution in [3.63, 3.8) is 0 Å². The fourth-order valence-electron chi connectivity index (χ4n) is 4.68. The van der Waals surface area contributed by atoms with Gasteiger partial charge < -0.3 is 4.18 Å². The summed E-state index contributed by atoms with van der Waals surface area (Å²) in [5.74, 6) is -1.49. The Balaban J connectivity index is 1.52. The van der Waals surface area contributed by atoms with Crippen LogP contribution in [0.2, 0.25) is 10.0 Å². The highest BCUT2D eigenvalue weighted by Crippen LogP contribution is 2.54. The van der Waals surface area contributed by atoms with Crippen LogP contribution in [0.1, 0.15) is 6.42 Å². The molecule has 154 valence electrons. The quantitative estimate of drug-likeness (QED) is 0.387. The normalized spacial score (nSPS) is 27.1. The molecule has 5 rings (SSSR count). The van der Waals surface area contributed by atoms with Gasteiger partial charge in [0.15, 0.2) is 5.75 Å². The van der Waals surface area contributed by atoms with E-state index in [4.69, 9.17) is 27.4 Å². The molecule has 2 fully saturated rings. The van der Waals surface area contributed by atoms with E-state index in [1.165, 1.54) is 30.3 Å². The number of hydrogen-bond donors (Lipinski definition) is 0. The Morgan fingerprint density at radius 3 is 2.23 bits per heavy atom. The molecular formula is C21H15Cl2NO5S. The molecule has 1 aliphatic heterocycles. The number of nitrogens with zero attached hydrogens (tertiary/aromatic N) is 1. The lowest BCUT2D eigenvalue weighted by Crippen LogP contribution is -2.33. The predicted octanol–water partition coefficient (Wildman–Crippen LogP) is 4.07. The molecule has 1 saturated carbocycles. The fraction of sp³-hybridized carbons (Fsp3) is 0.238. The van der Waals surface area contributed by atoms with Crippen molar-refractivity contribution in [1.29, 1.82) is 0 Å². The van der Waals surface area contributed by atoms with Gasteiger partial charge in [0.25, 0.3) is 0 Å². The summed E-state index contributed by atoms with van der Waals surface area (Å²) in [7, 11) is -4.36. The van der Waals surface area contributed by atoms with E-state index in [-0.39, 0.29) is 50.0 Å². The van der Waals surface area contributed by atoms with E-state index >= 15 is 0 Å². The highest BCUT2D eigenvalue weighted by atomic mass is 35.5. The molecule has 9 heteroatoms. The second-order valence-electron chi connectivity index (χ2n) is 7.59.